The molecule has 1 atom stereocenters. The highest BCUT2D eigenvalue weighted by Crippen LogP contribution is 2.13. The first kappa shape index (κ1) is 16.3. The Balaban J connectivity index is 1.64. The third-order valence-electron chi connectivity index (χ3n) is 3.99. The number of H-pyrrole nitrogens is 1. The van der Waals surface area contributed by atoms with Crippen molar-refractivity contribution in [1.82, 2.24) is 25.2 Å². The molecule has 1 saturated heterocycles. The molecule has 1 aliphatic rings. The third-order valence-corrected chi connectivity index (χ3v) is 3.99. The molecule has 0 radical (unpaired) electrons. The molecule has 2 aromatic heterocycles. The number of nitrogens with zero attached hydrogens (tertiary/aromatic N) is 4. The number of rotatable bonds is 4. The minimum Gasteiger partial charge on any atom is -0.379 e. The quantitative estimate of drug-likeness (QED) is 0.818. The molecule has 0 aromatic carbocycles. The van der Waals surface area contributed by atoms with E-state index in [1.54, 1.807) is 11.8 Å². The molecule has 9 nitrogen and oxygen atoms in total. The number of carbonyl (C=O) groups is 1. The lowest BCUT2D eigenvalue weighted by Gasteiger charge is -2.23. The van der Waals surface area contributed by atoms with Crippen molar-refractivity contribution in [1.29, 1.82) is 0 Å². The number of carbonyl (C=O) groups excluding carboxylic acids is 1. The van der Waals surface area contributed by atoms with Gasteiger partial charge in [0.1, 0.15) is 11.4 Å². The van der Waals surface area contributed by atoms with Gasteiger partial charge in [0, 0.05) is 30.8 Å². The van der Waals surface area contributed by atoms with Gasteiger partial charge in [-0.25, -0.2) is 9.61 Å². The lowest BCUT2D eigenvalue weighted by atomic mass is 10.0. The highest BCUT2D eigenvalue weighted by molar-refractivity contribution is 5.78. The molecule has 0 saturated carbocycles. The van der Waals surface area contributed by atoms with Crippen molar-refractivity contribution in [2.75, 3.05) is 26.3 Å². The van der Waals surface area contributed by atoms with Crippen LogP contribution >= 0.6 is 0 Å². The second-order valence-electron chi connectivity index (χ2n) is 5.86. The Morgan fingerprint density at radius 3 is 3.08 bits per heavy atom. The van der Waals surface area contributed by atoms with Crippen LogP contribution < -0.4 is 5.56 Å². The summed E-state index contributed by atoms with van der Waals surface area (Å²) in [6.07, 6.45) is 2.13. The summed E-state index contributed by atoms with van der Waals surface area (Å²) < 4.78 is 10.2. The summed E-state index contributed by atoms with van der Waals surface area (Å²) in [5.41, 5.74) is 1.69. The Morgan fingerprint density at radius 1 is 1.46 bits per heavy atom. The van der Waals surface area contributed by atoms with Crippen molar-refractivity contribution >= 4 is 5.91 Å². The van der Waals surface area contributed by atoms with Crippen LogP contribution in [0.2, 0.25) is 0 Å². The predicted octanol–water partition coefficient (Wildman–Crippen LogP) is -0.278. The summed E-state index contributed by atoms with van der Waals surface area (Å²) in [6.45, 7) is 3.86. The maximum atomic E-state index is 12.5. The summed E-state index contributed by atoms with van der Waals surface area (Å²) in [4.78, 5) is 32.3. The van der Waals surface area contributed by atoms with Crippen LogP contribution in [-0.4, -0.2) is 57.4 Å². The topological polar surface area (TPSA) is 114 Å². The van der Waals surface area contributed by atoms with E-state index in [1.807, 2.05) is 0 Å². The minimum atomic E-state index is -0.184. The fraction of sp³-hybridized carbons (Fsp3) is 0.533. The van der Waals surface area contributed by atoms with E-state index in [9.17, 15) is 9.59 Å². The van der Waals surface area contributed by atoms with Crippen molar-refractivity contribution in [2.45, 2.75) is 19.8 Å². The van der Waals surface area contributed by atoms with E-state index in [2.05, 4.69) is 24.9 Å². The highest BCUT2D eigenvalue weighted by atomic mass is 16.6. The molecule has 24 heavy (non-hydrogen) atoms. The summed E-state index contributed by atoms with van der Waals surface area (Å²) >= 11 is 0. The van der Waals surface area contributed by atoms with E-state index in [1.165, 1.54) is 12.4 Å². The molecule has 0 aliphatic carbocycles. The van der Waals surface area contributed by atoms with Gasteiger partial charge in [0.05, 0.1) is 26.0 Å². The monoisotopic (exact) mass is 333 g/mol. The number of amides is 1. The molecule has 0 spiro atoms. The zero-order valence-corrected chi connectivity index (χ0v) is 13.4. The maximum Gasteiger partial charge on any atom is 0.250 e. The van der Waals surface area contributed by atoms with E-state index in [-0.39, 0.29) is 23.8 Å². The first-order chi connectivity index (χ1) is 11.6. The Morgan fingerprint density at radius 2 is 2.33 bits per heavy atom. The average molecular weight is 333 g/mol. The second kappa shape index (κ2) is 7.35. The minimum absolute atomic E-state index is 0.0387. The zero-order valence-electron chi connectivity index (χ0n) is 13.4. The predicted molar refractivity (Wildman–Crippen MR) is 82.2 cm³/mol. The first-order valence-corrected chi connectivity index (χ1v) is 7.79. The van der Waals surface area contributed by atoms with Crippen LogP contribution in [-0.2, 0) is 22.4 Å². The van der Waals surface area contributed by atoms with Crippen LogP contribution in [0.1, 0.15) is 17.1 Å². The molecule has 3 rings (SSSR count). The molecular formula is C15H19N5O4. The molecule has 1 amide bonds. The number of aromatic nitrogens is 4. The van der Waals surface area contributed by atoms with E-state index < -0.39 is 0 Å². The van der Waals surface area contributed by atoms with Crippen LogP contribution in [0.25, 0.3) is 0 Å². The molecular weight excluding hydrogens is 314 g/mol. The average Bonchev–Trinajstić information content (AvgIpc) is 2.81. The number of hydrogen-bond acceptors (Lipinski definition) is 7. The summed E-state index contributed by atoms with van der Waals surface area (Å²) in [6, 6.07) is 1.47. The van der Waals surface area contributed by atoms with Gasteiger partial charge in [-0.3, -0.25) is 9.59 Å². The molecule has 1 unspecified atom stereocenters. The molecule has 0 bridgehead atoms. The van der Waals surface area contributed by atoms with E-state index >= 15 is 0 Å². The molecule has 1 fully saturated rings. The molecule has 2 aromatic rings. The van der Waals surface area contributed by atoms with Gasteiger partial charge in [0.2, 0.25) is 5.91 Å². The molecule has 1 N–H and O–H groups in total. The van der Waals surface area contributed by atoms with Gasteiger partial charge < -0.3 is 14.6 Å². The maximum absolute atomic E-state index is 12.5. The van der Waals surface area contributed by atoms with Gasteiger partial charge in [0.15, 0.2) is 0 Å². The Bertz CT molecular complexity index is 756. The number of aromatic amines is 1. The van der Waals surface area contributed by atoms with Gasteiger partial charge in [-0.05, 0) is 13.3 Å². The van der Waals surface area contributed by atoms with E-state index in [0.29, 0.717) is 49.8 Å². The lowest BCUT2D eigenvalue weighted by molar-refractivity contribution is -0.131. The molecule has 3 heterocycles. The molecule has 9 heteroatoms. The van der Waals surface area contributed by atoms with Crippen molar-refractivity contribution in [3.8, 4) is 0 Å². The molecule has 128 valence electrons. The van der Waals surface area contributed by atoms with Crippen molar-refractivity contribution < 1.29 is 14.2 Å². The van der Waals surface area contributed by atoms with Crippen LogP contribution in [0.5, 0.6) is 0 Å². The number of hydrogen-bond donors (Lipinski definition) is 1. The standard InChI is InChI=1S/C15H19N5O4/c1-10-13(19-24-18-10)6-15(22)20-2-3-23-8-11(7-20)4-12-5-14(21)17-9-16-12/h5,9,11H,2-4,6-8H2,1H3,(H,16,17,21). The first-order valence-electron chi connectivity index (χ1n) is 7.79. The summed E-state index contributed by atoms with van der Waals surface area (Å²) in [5.74, 6) is 0.0467. The Kier molecular flexibility index (Phi) is 4.99. The van der Waals surface area contributed by atoms with Gasteiger partial charge in [-0.2, -0.15) is 0 Å². The van der Waals surface area contributed by atoms with Crippen LogP contribution in [0.15, 0.2) is 21.8 Å². The van der Waals surface area contributed by atoms with Crippen LogP contribution in [0.3, 0.4) is 0 Å². The van der Waals surface area contributed by atoms with Crippen molar-refractivity contribution in [2.24, 2.45) is 5.92 Å². The Hall–Kier alpha value is -2.55. The lowest BCUT2D eigenvalue weighted by Crippen LogP contribution is -2.37. The van der Waals surface area contributed by atoms with Crippen LogP contribution in [0.4, 0.5) is 0 Å². The molecule has 1 aliphatic heterocycles. The van der Waals surface area contributed by atoms with Gasteiger partial charge >= 0.3 is 0 Å². The summed E-state index contributed by atoms with van der Waals surface area (Å²) in [5, 5.41) is 7.45. The van der Waals surface area contributed by atoms with E-state index in [0.717, 1.165) is 0 Å². The number of nitrogens with one attached hydrogen (secondary N) is 1. The fourth-order valence-corrected chi connectivity index (χ4v) is 2.71. The zero-order chi connectivity index (χ0) is 16.9. The van der Waals surface area contributed by atoms with Crippen LogP contribution in [0, 0.1) is 12.8 Å². The number of ether oxygens (including phenoxy) is 1. The second-order valence-corrected chi connectivity index (χ2v) is 5.86. The normalized spacial score (nSPS) is 18.4. The number of aryl methyl sites for hydroxylation is 1. The SMILES string of the molecule is Cc1nonc1CC(=O)N1CCOCC(Cc2cc(=O)[nH]cn2)C1. The largest absolute Gasteiger partial charge is 0.379 e. The van der Waals surface area contributed by atoms with Crippen molar-refractivity contribution in [3.05, 3.63) is 39.8 Å². The fourth-order valence-electron chi connectivity index (χ4n) is 2.71. The van der Waals surface area contributed by atoms with E-state index in [4.69, 9.17) is 4.74 Å². The summed E-state index contributed by atoms with van der Waals surface area (Å²) in [7, 11) is 0. The highest BCUT2D eigenvalue weighted by Gasteiger charge is 2.24. The third kappa shape index (κ3) is 4.05. The smallest absolute Gasteiger partial charge is 0.250 e. The Labute approximate surface area is 138 Å². The van der Waals surface area contributed by atoms with Crippen molar-refractivity contribution in [3.63, 3.8) is 0 Å². The van der Waals surface area contributed by atoms with Gasteiger partial charge in [-0.1, -0.05) is 10.3 Å². The van der Waals surface area contributed by atoms with Gasteiger partial charge in [0.25, 0.3) is 5.56 Å². The van der Waals surface area contributed by atoms with Gasteiger partial charge in [-0.15, -0.1) is 0 Å².